The van der Waals surface area contributed by atoms with Gasteiger partial charge in [-0.15, -0.1) is 0 Å². The molecule has 0 bridgehead atoms. The molecule has 1 aliphatic rings. The first-order valence-electron chi connectivity index (χ1n) is 10.5. The maximum absolute atomic E-state index is 11.2. The highest BCUT2D eigenvalue weighted by atomic mass is 16.5. The first-order valence-corrected chi connectivity index (χ1v) is 10.5. The van der Waals surface area contributed by atoms with Gasteiger partial charge in [0.1, 0.15) is 53.5 Å². The molecule has 1 aromatic heterocycles. The van der Waals surface area contributed by atoms with E-state index in [9.17, 15) is 35.7 Å². The van der Waals surface area contributed by atoms with Crippen LogP contribution in [0.3, 0.4) is 0 Å². The zero-order chi connectivity index (χ0) is 23.9. The zero-order valence-electron chi connectivity index (χ0n) is 17.8. The maximum atomic E-state index is 11.2. The van der Waals surface area contributed by atoms with Crippen molar-refractivity contribution in [1.29, 1.82) is 0 Å². The number of hydrogen-bond donors (Lipinski definition) is 7. The second-order valence-electron chi connectivity index (χ2n) is 7.94. The molecule has 2 aromatic carbocycles. The molecule has 0 amide bonds. The van der Waals surface area contributed by atoms with Crippen LogP contribution in [-0.2, 0) is 11.3 Å². The Kier molecular flexibility index (Phi) is 6.28. The Morgan fingerprint density at radius 2 is 1.61 bits per heavy atom. The summed E-state index contributed by atoms with van der Waals surface area (Å²) in [7, 11) is 0. The molecular weight excluding hydrogens is 432 g/mol. The van der Waals surface area contributed by atoms with Crippen LogP contribution in [0.5, 0.6) is 17.2 Å². The molecule has 10 heteroatoms. The molecule has 1 fully saturated rings. The van der Waals surface area contributed by atoms with Gasteiger partial charge in [0.2, 0.25) is 0 Å². The number of rotatable bonds is 5. The lowest BCUT2D eigenvalue weighted by molar-refractivity contribution is -0.232. The number of nitrogens with zero attached hydrogens (tertiary/aromatic N) is 2. The monoisotopic (exact) mass is 458 g/mol. The van der Waals surface area contributed by atoms with Crippen LogP contribution < -0.4 is 0 Å². The van der Waals surface area contributed by atoms with Crippen LogP contribution in [0.4, 0.5) is 0 Å². The van der Waals surface area contributed by atoms with Crippen molar-refractivity contribution < 1.29 is 40.5 Å². The summed E-state index contributed by atoms with van der Waals surface area (Å²) in [5, 5.41) is 76.0. The average Bonchev–Trinajstić information content (AvgIpc) is 3.23. The number of aryl methyl sites for hydroxylation is 1. The normalized spacial score (nSPS) is 25.3. The molecule has 7 N–H and O–H groups in total. The molecule has 10 nitrogen and oxygen atoms in total. The third-order valence-corrected chi connectivity index (χ3v) is 5.89. The van der Waals surface area contributed by atoms with Crippen molar-refractivity contribution in [2.24, 2.45) is 0 Å². The number of aromatic hydroxyl groups is 3. The minimum absolute atomic E-state index is 0.0977. The van der Waals surface area contributed by atoms with Crippen LogP contribution in [0, 0.1) is 0 Å². The van der Waals surface area contributed by atoms with Crippen molar-refractivity contribution in [3.63, 3.8) is 0 Å². The topological polar surface area (TPSA) is 169 Å². The van der Waals surface area contributed by atoms with Crippen molar-refractivity contribution in [1.82, 2.24) is 9.78 Å². The summed E-state index contributed by atoms with van der Waals surface area (Å²) >= 11 is 0. The Morgan fingerprint density at radius 1 is 0.909 bits per heavy atom. The Morgan fingerprint density at radius 3 is 2.24 bits per heavy atom. The maximum Gasteiger partial charge on any atom is 0.134 e. The highest BCUT2D eigenvalue weighted by Gasteiger charge is 2.46. The highest BCUT2D eigenvalue weighted by Crippen LogP contribution is 2.46. The molecule has 5 atom stereocenters. The van der Waals surface area contributed by atoms with E-state index >= 15 is 0 Å². The summed E-state index contributed by atoms with van der Waals surface area (Å²) in [6.45, 7) is 1.80. The van der Waals surface area contributed by atoms with Crippen molar-refractivity contribution in [2.45, 2.75) is 44.0 Å². The number of ether oxygens (including phenoxy) is 1. The summed E-state index contributed by atoms with van der Waals surface area (Å²) in [5.41, 5.74) is 1.79. The molecule has 4 rings (SSSR count). The van der Waals surface area contributed by atoms with E-state index in [-0.39, 0.29) is 16.9 Å². The van der Waals surface area contributed by atoms with E-state index in [0.29, 0.717) is 17.8 Å². The van der Waals surface area contributed by atoms with E-state index in [1.54, 1.807) is 23.0 Å². The SMILES string of the molecule is CCn1cc(-c2ccc(O)cc2)c(-c2ccc(O)c(C3OC(CO)C(O)C(O)C3O)c2O)n1. The van der Waals surface area contributed by atoms with E-state index in [2.05, 4.69) is 5.10 Å². The molecule has 5 unspecified atom stereocenters. The van der Waals surface area contributed by atoms with Gasteiger partial charge in [0, 0.05) is 23.9 Å². The number of benzene rings is 2. The molecule has 176 valence electrons. The van der Waals surface area contributed by atoms with E-state index in [0.717, 1.165) is 5.56 Å². The number of phenols is 3. The van der Waals surface area contributed by atoms with E-state index in [1.807, 2.05) is 6.92 Å². The molecule has 1 aliphatic heterocycles. The zero-order valence-corrected chi connectivity index (χ0v) is 17.8. The first kappa shape index (κ1) is 23.0. The fourth-order valence-corrected chi connectivity index (χ4v) is 4.04. The van der Waals surface area contributed by atoms with Gasteiger partial charge in [-0.05, 0) is 36.8 Å². The fourth-order valence-electron chi connectivity index (χ4n) is 4.04. The van der Waals surface area contributed by atoms with Crippen LogP contribution >= 0.6 is 0 Å². The Balaban J connectivity index is 1.85. The Bertz CT molecular complexity index is 1130. The van der Waals surface area contributed by atoms with E-state index in [4.69, 9.17) is 4.74 Å². The predicted octanol–water partition coefficient (Wildman–Crippen LogP) is 0.869. The van der Waals surface area contributed by atoms with Gasteiger partial charge >= 0.3 is 0 Å². The second-order valence-corrected chi connectivity index (χ2v) is 7.94. The Labute approximate surface area is 189 Å². The number of aromatic nitrogens is 2. The van der Waals surface area contributed by atoms with Crippen molar-refractivity contribution in [3.8, 4) is 39.6 Å². The average molecular weight is 458 g/mol. The summed E-state index contributed by atoms with van der Waals surface area (Å²) < 4.78 is 7.20. The molecule has 0 aliphatic carbocycles. The first-order chi connectivity index (χ1) is 15.8. The lowest BCUT2D eigenvalue weighted by atomic mass is 9.88. The molecule has 0 spiro atoms. The van der Waals surface area contributed by atoms with Gasteiger partial charge in [-0.2, -0.15) is 5.10 Å². The number of phenolic OH excluding ortho intramolecular Hbond substituents is 3. The third kappa shape index (κ3) is 4.03. The third-order valence-electron chi connectivity index (χ3n) is 5.89. The molecule has 3 aromatic rings. The molecule has 1 saturated heterocycles. The number of hydrogen-bond acceptors (Lipinski definition) is 9. The second kappa shape index (κ2) is 9.00. The van der Waals surface area contributed by atoms with Gasteiger partial charge in [-0.1, -0.05) is 12.1 Å². The minimum Gasteiger partial charge on any atom is -0.508 e. The van der Waals surface area contributed by atoms with E-state index in [1.165, 1.54) is 24.3 Å². The van der Waals surface area contributed by atoms with Gasteiger partial charge < -0.3 is 40.5 Å². The van der Waals surface area contributed by atoms with E-state index < -0.39 is 48.6 Å². The van der Waals surface area contributed by atoms with Gasteiger partial charge in [0.25, 0.3) is 0 Å². The van der Waals surface area contributed by atoms with Crippen LogP contribution in [0.15, 0.2) is 42.6 Å². The summed E-state index contributed by atoms with van der Waals surface area (Å²) in [4.78, 5) is 0. The molecule has 0 saturated carbocycles. The van der Waals surface area contributed by atoms with Crippen LogP contribution in [-0.4, -0.2) is 76.5 Å². The molecule has 33 heavy (non-hydrogen) atoms. The summed E-state index contributed by atoms with van der Waals surface area (Å²) in [6, 6.07) is 9.22. The highest BCUT2D eigenvalue weighted by molar-refractivity contribution is 5.84. The van der Waals surface area contributed by atoms with Gasteiger partial charge in [0.05, 0.1) is 12.2 Å². The summed E-state index contributed by atoms with van der Waals surface area (Å²) in [5.74, 6) is -0.733. The van der Waals surface area contributed by atoms with Crippen molar-refractivity contribution in [3.05, 3.63) is 48.2 Å². The van der Waals surface area contributed by atoms with Crippen molar-refractivity contribution in [2.75, 3.05) is 6.61 Å². The van der Waals surface area contributed by atoms with Crippen molar-refractivity contribution >= 4 is 0 Å². The minimum atomic E-state index is -1.68. The van der Waals surface area contributed by atoms with Gasteiger partial charge in [-0.3, -0.25) is 4.68 Å². The lowest BCUT2D eigenvalue weighted by Crippen LogP contribution is -2.55. The fraction of sp³-hybridized carbons (Fsp3) is 0.348. The largest absolute Gasteiger partial charge is 0.508 e. The summed E-state index contributed by atoms with van der Waals surface area (Å²) in [6.07, 6.45) is -5.78. The predicted molar refractivity (Wildman–Crippen MR) is 116 cm³/mol. The van der Waals surface area contributed by atoms with Crippen LogP contribution in [0.2, 0.25) is 0 Å². The Hall–Kier alpha value is -3.15. The van der Waals surface area contributed by atoms with Gasteiger partial charge in [0.15, 0.2) is 0 Å². The molecular formula is C23H26N2O8. The van der Waals surface area contributed by atoms with Crippen LogP contribution in [0.1, 0.15) is 18.6 Å². The van der Waals surface area contributed by atoms with Gasteiger partial charge in [-0.25, -0.2) is 0 Å². The lowest BCUT2D eigenvalue weighted by Gasteiger charge is -2.40. The standard InChI is InChI=1S/C23H26N2O8/c1-2-25-9-14(11-3-5-12(27)6-4-11)18(24-25)13-7-8-15(28)17(19(13)29)23-22(32)21(31)20(30)16(10-26)33-23/h3-9,16,20-23,26-32H,2,10H2,1H3. The van der Waals surface area contributed by atoms with Crippen LogP contribution in [0.25, 0.3) is 22.4 Å². The number of aliphatic hydroxyl groups is 4. The molecule has 2 heterocycles. The smallest absolute Gasteiger partial charge is 0.134 e. The molecule has 0 radical (unpaired) electrons. The number of aliphatic hydroxyl groups excluding tert-OH is 4. The quantitative estimate of drug-likeness (QED) is 0.293.